The molecular weight excluding hydrogens is 833 g/mol. The van der Waals surface area contributed by atoms with Crippen molar-refractivity contribution in [3.63, 3.8) is 0 Å². The van der Waals surface area contributed by atoms with Crippen LogP contribution < -0.4 is 5.19 Å². The van der Waals surface area contributed by atoms with Gasteiger partial charge in [-0.15, -0.1) is 54.1 Å². The normalized spacial score (nSPS) is 11.8. The van der Waals surface area contributed by atoms with Gasteiger partial charge in [-0.1, -0.05) is 94.2 Å². The Morgan fingerprint density at radius 1 is 0.808 bits per heavy atom. The van der Waals surface area contributed by atoms with Gasteiger partial charge in [0.25, 0.3) is 0 Å². The minimum Gasteiger partial charge on any atom is -0.486 e. The van der Waals surface area contributed by atoms with E-state index in [0.29, 0.717) is 5.71 Å². The van der Waals surface area contributed by atoms with Gasteiger partial charge in [-0.25, -0.2) is 4.98 Å². The van der Waals surface area contributed by atoms with E-state index in [2.05, 4.69) is 129 Å². The molecule has 0 bridgehead atoms. The van der Waals surface area contributed by atoms with E-state index in [4.69, 9.17) is 9.40 Å². The second-order valence-electron chi connectivity index (χ2n) is 15.2. The summed E-state index contributed by atoms with van der Waals surface area (Å²) < 4.78 is 8.47. The van der Waals surface area contributed by atoms with E-state index in [1.807, 2.05) is 61.5 Å². The first-order valence-electron chi connectivity index (χ1n) is 17.7. The largest absolute Gasteiger partial charge is 0.486 e. The van der Waals surface area contributed by atoms with Gasteiger partial charge in [0.05, 0.1) is 30.5 Å². The number of aromatic nitrogens is 4. The Kier molecular flexibility index (Phi) is 10.5. The van der Waals surface area contributed by atoms with Crippen molar-refractivity contribution in [3.05, 3.63) is 138 Å². The van der Waals surface area contributed by atoms with Crippen LogP contribution in [-0.4, -0.2) is 27.6 Å². The van der Waals surface area contributed by atoms with Gasteiger partial charge in [0.15, 0.2) is 0 Å². The van der Waals surface area contributed by atoms with E-state index in [-0.39, 0.29) is 25.5 Å². The van der Waals surface area contributed by atoms with Gasteiger partial charge >= 0.3 is 0 Å². The second-order valence-corrected chi connectivity index (χ2v) is 20.2. The molecule has 4 aromatic heterocycles. The monoisotopic (exact) mass is 877 g/mol. The zero-order valence-corrected chi connectivity index (χ0v) is 34.5. The van der Waals surface area contributed by atoms with Crippen LogP contribution in [0.1, 0.15) is 44.5 Å². The summed E-state index contributed by atoms with van der Waals surface area (Å²) in [5, 5.41) is 3.50. The van der Waals surface area contributed by atoms with E-state index in [1.165, 1.54) is 16.3 Å². The molecule has 0 fully saturated rings. The molecular formula is C45H44IrN4OSi-2. The summed E-state index contributed by atoms with van der Waals surface area (Å²) in [6, 6.07) is 41.9. The number of pyridine rings is 2. The minimum absolute atomic E-state index is 0. The molecule has 0 aliphatic rings. The van der Waals surface area contributed by atoms with Crippen molar-refractivity contribution >= 4 is 46.4 Å². The SMILES string of the molecule is CCc1cc(-c2[c-]cccc2)ncc1[Si](C)(C)C.Cc1ccc2c(n1)oc1c(-c3nc4ccccc4n3-c3ccc(C(C)(C)C)cc3)[c-]ccc12.[Ir]. The first kappa shape index (κ1) is 37.1. The molecule has 8 aromatic rings. The summed E-state index contributed by atoms with van der Waals surface area (Å²) in [4.78, 5) is 14.2. The van der Waals surface area contributed by atoms with Crippen molar-refractivity contribution in [3.8, 4) is 28.3 Å². The third-order valence-electron chi connectivity index (χ3n) is 9.38. The average Bonchev–Trinajstić information content (AvgIpc) is 3.69. The van der Waals surface area contributed by atoms with Crippen molar-refractivity contribution in [2.24, 2.45) is 0 Å². The number of fused-ring (bicyclic) bond motifs is 4. The summed E-state index contributed by atoms with van der Waals surface area (Å²) in [6.07, 6.45) is 3.16. The average molecular weight is 877 g/mol. The summed E-state index contributed by atoms with van der Waals surface area (Å²) >= 11 is 0. The predicted octanol–water partition coefficient (Wildman–Crippen LogP) is 11.0. The molecule has 52 heavy (non-hydrogen) atoms. The summed E-state index contributed by atoms with van der Waals surface area (Å²) in [7, 11) is -1.30. The van der Waals surface area contributed by atoms with E-state index in [9.17, 15) is 0 Å². The number of furan rings is 1. The minimum atomic E-state index is -1.30. The van der Waals surface area contributed by atoms with Crippen LogP contribution in [0, 0.1) is 19.1 Å². The van der Waals surface area contributed by atoms with Crippen molar-refractivity contribution in [1.29, 1.82) is 0 Å². The number of rotatable bonds is 5. The number of para-hydroxylation sites is 2. The maximum Gasteiger partial charge on any atom is 0.216 e. The van der Waals surface area contributed by atoms with Crippen LogP contribution in [0.5, 0.6) is 0 Å². The maximum absolute atomic E-state index is 6.27. The van der Waals surface area contributed by atoms with E-state index >= 15 is 0 Å². The van der Waals surface area contributed by atoms with E-state index < -0.39 is 8.07 Å². The van der Waals surface area contributed by atoms with Crippen LogP contribution in [0.2, 0.25) is 19.6 Å². The second kappa shape index (κ2) is 14.7. The van der Waals surface area contributed by atoms with Crippen LogP contribution in [0.25, 0.3) is 61.4 Å². The molecule has 0 saturated heterocycles. The molecule has 0 unspecified atom stereocenters. The van der Waals surface area contributed by atoms with Crippen molar-refractivity contribution in [2.75, 3.05) is 0 Å². The first-order chi connectivity index (χ1) is 24.4. The maximum atomic E-state index is 6.27. The molecule has 4 heterocycles. The predicted molar refractivity (Wildman–Crippen MR) is 215 cm³/mol. The molecule has 0 atom stereocenters. The third-order valence-corrected chi connectivity index (χ3v) is 11.4. The smallest absolute Gasteiger partial charge is 0.216 e. The third kappa shape index (κ3) is 7.31. The Balaban J connectivity index is 0.000000208. The Morgan fingerprint density at radius 2 is 1.56 bits per heavy atom. The topological polar surface area (TPSA) is 56.7 Å². The van der Waals surface area contributed by atoms with Crippen molar-refractivity contribution < 1.29 is 24.5 Å². The number of benzene rings is 4. The summed E-state index contributed by atoms with van der Waals surface area (Å²) in [5.74, 6) is 0.807. The molecule has 0 saturated carbocycles. The standard InChI is InChI=1S/C29H24N3O.C16H20NSi.Ir/c1-18-12-17-22-21-8-7-9-23(26(21)33-28(22)30-18)27-31-24-10-5-6-11-25(24)32(27)20-15-13-19(14-16-20)29(2,3)4;1-5-13-11-15(14-9-7-6-8-10-14)17-12-16(13)18(2,3)4;/h5-8,10-17H,1-4H3;6-9,11-12H,5H2,1-4H3;/q2*-1;. The summed E-state index contributed by atoms with van der Waals surface area (Å²) in [5.41, 5.74) is 11.1. The van der Waals surface area contributed by atoms with Crippen molar-refractivity contribution in [1.82, 2.24) is 19.5 Å². The van der Waals surface area contributed by atoms with Gasteiger partial charge in [0, 0.05) is 43.1 Å². The molecule has 0 amide bonds. The van der Waals surface area contributed by atoms with Gasteiger partial charge in [0.1, 0.15) is 0 Å². The van der Waals surface area contributed by atoms with Gasteiger partial charge < -0.3 is 14.0 Å². The van der Waals surface area contributed by atoms with Gasteiger partial charge in [0.2, 0.25) is 5.71 Å². The molecule has 0 N–H and O–H groups in total. The molecule has 0 spiro atoms. The number of hydrogen-bond acceptors (Lipinski definition) is 4. The van der Waals surface area contributed by atoms with Crippen LogP contribution in [-0.2, 0) is 31.9 Å². The number of imidazole rings is 1. The molecule has 8 rings (SSSR count). The van der Waals surface area contributed by atoms with Gasteiger partial charge in [-0.3, -0.25) is 4.98 Å². The number of hydrogen-bond donors (Lipinski definition) is 0. The Morgan fingerprint density at radius 3 is 2.25 bits per heavy atom. The molecule has 0 aliphatic heterocycles. The molecule has 1 radical (unpaired) electrons. The number of nitrogens with zero attached hydrogens (tertiary/aromatic N) is 4. The Hall–Kier alpha value is -4.68. The quantitative estimate of drug-likeness (QED) is 0.128. The van der Waals surface area contributed by atoms with Crippen LogP contribution in [0.15, 0.2) is 114 Å². The van der Waals surface area contributed by atoms with Crippen molar-refractivity contribution in [2.45, 2.75) is 66.1 Å². The summed E-state index contributed by atoms with van der Waals surface area (Å²) in [6.45, 7) is 18.0. The molecule has 5 nitrogen and oxygen atoms in total. The van der Waals surface area contributed by atoms with Gasteiger partial charge in [-0.2, -0.15) is 0 Å². The number of aryl methyl sites for hydroxylation is 2. The van der Waals surface area contributed by atoms with Gasteiger partial charge in [-0.05, 0) is 71.6 Å². The Labute approximate surface area is 321 Å². The Bertz CT molecular complexity index is 2490. The fourth-order valence-corrected chi connectivity index (χ4v) is 8.28. The van der Waals surface area contributed by atoms with Crippen LogP contribution >= 0.6 is 0 Å². The van der Waals surface area contributed by atoms with E-state index in [1.54, 1.807) is 0 Å². The van der Waals surface area contributed by atoms with Crippen LogP contribution in [0.3, 0.4) is 0 Å². The molecule has 7 heteroatoms. The first-order valence-corrected chi connectivity index (χ1v) is 21.2. The van der Waals surface area contributed by atoms with Crippen LogP contribution in [0.4, 0.5) is 0 Å². The fourth-order valence-electron chi connectivity index (χ4n) is 6.61. The zero-order valence-electron chi connectivity index (χ0n) is 31.1. The molecule has 265 valence electrons. The molecule has 0 aliphatic carbocycles. The fraction of sp³-hybridized carbons (Fsp3) is 0.222. The van der Waals surface area contributed by atoms with E-state index in [0.717, 1.165) is 67.8 Å². The zero-order chi connectivity index (χ0) is 35.9. The molecule has 4 aromatic carbocycles.